The Balaban J connectivity index is 2.00. The van der Waals surface area contributed by atoms with Gasteiger partial charge >= 0.3 is 5.97 Å². The van der Waals surface area contributed by atoms with Gasteiger partial charge in [-0.15, -0.1) is 0 Å². The monoisotopic (exact) mass is 376 g/mol. The normalized spacial score (nSPS) is 20.9. The Morgan fingerprint density at radius 2 is 2.04 bits per heavy atom. The van der Waals surface area contributed by atoms with Crippen LogP contribution in [0.25, 0.3) is 10.9 Å². The van der Waals surface area contributed by atoms with E-state index < -0.39 is 11.9 Å². The summed E-state index contributed by atoms with van der Waals surface area (Å²) < 4.78 is 0.905. The molecule has 1 saturated heterocycles. The van der Waals surface area contributed by atoms with Crippen molar-refractivity contribution in [3.8, 4) is 0 Å². The maximum atomic E-state index is 12.9. The second-order valence-corrected chi connectivity index (χ2v) is 7.02. The molecule has 0 aliphatic carbocycles. The number of carboxylic acid groups (broad SMARTS) is 1. The third-order valence-corrected chi connectivity index (χ3v) is 4.84. The van der Waals surface area contributed by atoms with E-state index in [2.05, 4.69) is 20.9 Å². The summed E-state index contributed by atoms with van der Waals surface area (Å²) in [7, 11) is 0. The number of halogens is 1. The van der Waals surface area contributed by atoms with Crippen molar-refractivity contribution in [1.29, 1.82) is 0 Å². The number of likely N-dealkylation sites (tertiary alicyclic amines) is 1. The number of benzene rings is 1. The molecule has 23 heavy (non-hydrogen) atoms. The van der Waals surface area contributed by atoms with E-state index in [4.69, 9.17) is 0 Å². The quantitative estimate of drug-likeness (QED) is 0.873. The molecule has 0 bridgehead atoms. The Hall–Kier alpha value is -1.95. The van der Waals surface area contributed by atoms with Gasteiger partial charge in [0.05, 0.1) is 17.0 Å². The standard InChI is InChI=1S/C17H17BrN2O3/c1-9-7-20(8-14(9)17(22)23)16(21)13-5-10(2)19-15-6-11(18)3-4-12(13)15/h3-6,9,14H,7-8H2,1-2H3,(H,22,23)/t9-,14-/m1/s1. The predicted molar refractivity (Wildman–Crippen MR) is 90.4 cm³/mol. The first-order valence-corrected chi connectivity index (χ1v) is 8.25. The molecule has 1 aliphatic heterocycles. The van der Waals surface area contributed by atoms with Crippen LogP contribution in [0.4, 0.5) is 0 Å². The van der Waals surface area contributed by atoms with E-state index in [0.717, 1.165) is 21.1 Å². The number of carbonyl (C=O) groups is 2. The van der Waals surface area contributed by atoms with Crippen molar-refractivity contribution in [2.45, 2.75) is 13.8 Å². The Morgan fingerprint density at radius 1 is 1.30 bits per heavy atom. The largest absolute Gasteiger partial charge is 0.481 e. The number of aliphatic carboxylic acids is 1. The van der Waals surface area contributed by atoms with Gasteiger partial charge in [-0.25, -0.2) is 0 Å². The zero-order chi connectivity index (χ0) is 16.7. The molecule has 1 aromatic carbocycles. The first-order valence-electron chi connectivity index (χ1n) is 7.46. The smallest absolute Gasteiger partial charge is 0.308 e. The van der Waals surface area contributed by atoms with E-state index >= 15 is 0 Å². The summed E-state index contributed by atoms with van der Waals surface area (Å²) in [4.78, 5) is 30.3. The second-order valence-electron chi connectivity index (χ2n) is 6.10. The van der Waals surface area contributed by atoms with Crippen LogP contribution in [0, 0.1) is 18.8 Å². The molecule has 0 spiro atoms. The third kappa shape index (κ3) is 2.95. The number of amides is 1. The van der Waals surface area contributed by atoms with Crippen molar-refractivity contribution in [3.63, 3.8) is 0 Å². The summed E-state index contributed by atoms with van der Waals surface area (Å²) in [6.45, 7) is 4.45. The molecule has 0 unspecified atom stereocenters. The molecule has 5 nitrogen and oxygen atoms in total. The molecule has 2 atom stereocenters. The molecule has 0 radical (unpaired) electrons. The van der Waals surface area contributed by atoms with Gasteiger partial charge in [0.1, 0.15) is 0 Å². The van der Waals surface area contributed by atoms with Crippen LogP contribution in [0.15, 0.2) is 28.7 Å². The number of rotatable bonds is 2. The second kappa shape index (κ2) is 5.92. The fraction of sp³-hybridized carbons (Fsp3) is 0.353. The number of fused-ring (bicyclic) bond motifs is 1. The van der Waals surface area contributed by atoms with Gasteiger partial charge in [0.15, 0.2) is 0 Å². The van der Waals surface area contributed by atoms with Crippen LogP contribution in [0.2, 0.25) is 0 Å². The third-order valence-electron chi connectivity index (χ3n) is 4.35. The number of aryl methyl sites for hydroxylation is 1. The summed E-state index contributed by atoms with van der Waals surface area (Å²) in [6.07, 6.45) is 0. The molecular formula is C17H17BrN2O3. The van der Waals surface area contributed by atoms with Gasteiger partial charge in [0.25, 0.3) is 5.91 Å². The highest BCUT2D eigenvalue weighted by Crippen LogP contribution is 2.28. The maximum Gasteiger partial charge on any atom is 0.308 e. The van der Waals surface area contributed by atoms with Crippen molar-refractivity contribution < 1.29 is 14.7 Å². The summed E-state index contributed by atoms with van der Waals surface area (Å²) in [5, 5.41) is 10.0. The number of pyridine rings is 1. The molecule has 1 fully saturated rings. The SMILES string of the molecule is Cc1cc(C(=O)N2C[C@@H](C)[C@H](C(=O)O)C2)c2ccc(Br)cc2n1. The molecule has 0 saturated carbocycles. The van der Waals surface area contributed by atoms with Gasteiger partial charge in [-0.1, -0.05) is 28.9 Å². The minimum absolute atomic E-state index is 0.0419. The van der Waals surface area contributed by atoms with Crippen molar-refractivity contribution in [2.75, 3.05) is 13.1 Å². The molecule has 1 N–H and O–H groups in total. The number of carboxylic acids is 1. The van der Waals surface area contributed by atoms with Gasteiger partial charge in [-0.3, -0.25) is 14.6 Å². The van der Waals surface area contributed by atoms with Crippen LogP contribution in [0.3, 0.4) is 0 Å². The van der Waals surface area contributed by atoms with Crippen LogP contribution < -0.4 is 0 Å². The van der Waals surface area contributed by atoms with Gasteiger partial charge < -0.3 is 10.0 Å². The molecule has 1 aromatic heterocycles. The highest BCUT2D eigenvalue weighted by Gasteiger charge is 2.37. The van der Waals surface area contributed by atoms with Gasteiger partial charge in [0.2, 0.25) is 0 Å². The lowest BCUT2D eigenvalue weighted by atomic mass is 9.99. The van der Waals surface area contributed by atoms with E-state index in [1.54, 1.807) is 11.0 Å². The number of hydrogen-bond donors (Lipinski definition) is 1. The van der Waals surface area contributed by atoms with Crippen LogP contribution in [-0.4, -0.2) is 40.0 Å². The van der Waals surface area contributed by atoms with Crippen LogP contribution >= 0.6 is 15.9 Å². The van der Waals surface area contributed by atoms with E-state index in [-0.39, 0.29) is 18.4 Å². The minimum atomic E-state index is -0.840. The molecule has 120 valence electrons. The molecule has 6 heteroatoms. The first kappa shape index (κ1) is 15.9. The fourth-order valence-electron chi connectivity index (χ4n) is 3.14. The summed E-state index contributed by atoms with van der Waals surface area (Å²) in [5.74, 6) is -1.51. The van der Waals surface area contributed by atoms with Crippen molar-refractivity contribution >= 4 is 38.7 Å². The van der Waals surface area contributed by atoms with Gasteiger partial charge in [-0.2, -0.15) is 0 Å². The minimum Gasteiger partial charge on any atom is -0.481 e. The van der Waals surface area contributed by atoms with Crippen molar-refractivity contribution in [3.05, 3.63) is 40.0 Å². The topological polar surface area (TPSA) is 70.5 Å². The molecule has 2 aromatic rings. The van der Waals surface area contributed by atoms with Crippen molar-refractivity contribution in [2.24, 2.45) is 11.8 Å². The fourth-order valence-corrected chi connectivity index (χ4v) is 3.48. The molecular weight excluding hydrogens is 360 g/mol. The lowest BCUT2D eigenvalue weighted by molar-refractivity contribution is -0.142. The maximum absolute atomic E-state index is 12.9. The number of hydrogen-bond acceptors (Lipinski definition) is 3. The van der Waals surface area contributed by atoms with Crippen LogP contribution in [-0.2, 0) is 4.79 Å². The lowest BCUT2D eigenvalue weighted by Gasteiger charge is -2.17. The summed E-state index contributed by atoms with van der Waals surface area (Å²) >= 11 is 3.42. The Labute approximate surface area is 142 Å². The molecule has 2 heterocycles. The average Bonchev–Trinajstić information content (AvgIpc) is 2.87. The highest BCUT2D eigenvalue weighted by atomic mass is 79.9. The van der Waals surface area contributed by atoms with Crippen LogP contribution in [0.5, 0.6) is 0 Å². The zero-order valence-corrected chi connectivity index (χ0v) is 14.5. The number of aromatic nitrogens is 1. The number of carbonyl (C=O) groups excluding carboxylic acids is 1. The molecule has 1 aliphatic rings. The van der Waals surface area contributed by atoms with E-state index in [1.807, 2.05) is 32.0 Å². The first-order chi connectivity index (χ1) is 10.9. The summed E-state index contributed by atoms with van der Waals surface area (Å²) in [6, 6.07) is 7.40. The number of nitrogens with zero attached hydrogens (tertiary/aromatic N) is 2. The highest BCUT2D eigenvalue weighted by molar-refractivity contribution is 9.10. The average molecular weight is 377 g/mol. The van der Waals surface area contributed by atoms with Gasteiger partial charge in [-0.05, 0) is 31.0 Å². The van der Waals surface area contributed by atoms with E-state index in [9.17, 15) is 14.7 Å². The predicted octanol–water partition coefficient (Wildman–Crippen LogP) is 3.10. The molecule has 1 amide bonds. The van der Waals surface area contributed by atoms with Crippen molar-refractivity contribution in [1.82, 2.24) is 9.88 Å². The molecule has 3 rings (SSSR count). The lowest BCUT2D eigenvalue weighted by Crippen LogP contribution is -2.30. The van der Waals surface area contributed by atoms with Gasteiger partial charge in [0, 0.05) is 28.6 Å². The zero-order valence-electron chi connectivity index (χ0n) is 12.9. The van der Waals surface area contributed by atoms with Crippen LogP contribution in [0.1, 0.15) is 23.0 Å². The Kier molecular flexibility index (Phi) is 4.10. The Morgan fingerprint density at radius 3 is 2.70 bits per heavy atom. The Bertz CT molecular complexity index is 801. The van der Waals surface area contributed by atoms with E-state index in [0.29, 0.717) is 12.1 Å². The van der Waals surface area contributed by atoms with E-state index in [1.165, 1.54) is 0 Å². The summed E-state index contributed by atoms with van der Waals surface area (Å²) in [5.41, 5.74) is 2.10.